The molecule has 1 atom stereocenters. The molecule has 182 valence electrons. The second-order valence-corrected chi connectivity index (χ2v) is 7.62. The van der Waals surface area contributed by atoms with Gasteiger partial charge < -0.3 is 20.1 Å². The Hall–Kier alpha value is -1.15. The van der Waals surface area contributed by atoms with Crippen LogP contribution in [0.3, 0.4) is 0 Å². The highest BCUT2D eigenvalue weighted by atomic mass is 127. The van der Waals surface area contributed by atoms with Crippen molar-refractivity contribution in [3.63, 3.8) is 0 Å². The van der Waals surface area contributed by atoms with E-state index in [9.17, 15) is 13.2 Å². The first-order valence-electron chi connectivity index (χ1n) is 10.7. The van der Waals surface area contributed by atoms with E-state index in [2.05, 4.69) is 25.4 Å². The molecule has 32 heavy (non-hydrogen) atoms. The van der Waals surface area contributed by atoms with E-state index in [4.69, 9.17) is 9.47 Å². The van der Waals surface area contributed by atoms with E-state index in [0.717, 1.165) is 70.2 Å². The van der Waals surface area contributed by atoms with E-state index in [1.54, 1.807) is 19.2 Å². The van der Waals surface area contributed by atoms with Gasteiger partial charge in [0.15, 0.2) is 5.96 Å². The molecule has 2 N–H and O–H groups in total. The number of nitrogens with one attached hydrogen (secondary N) is 2. The molecule has 0 aromatic heterocycles. The molecular weight excluding hydrogens is 538 g/mol. The lowest BCUT2D eigenvalue weighted by molar-refractivity contribution is -0.137. The number of rotatable bonds is 7. The summed E-state index contributed by atoms with van der Waals surface area (Å²) in [4.78, 5) is 8.86. The molecule has 0 amide bonds. The van der Waals surface area contributed by atoms with Gasteiger partial charge in [-0.3, -0.25) is 14.8 Å². The molecule has 2 heterocycles. The summed E-state index contributed by atoms with van der Waals surface area (Å²) in [6, 6.07) is 5.36. The number of ether oxygens (including phenoxy) is 2. The number of hydrogen-bond donors (Lipinski definition) is 2. The van der Waals surface area contributed by atoms with Crippen LogP contribution in [0.25, 0.3) is 0 Å². The van der Waals surface area contributed by atoms with Gasteiger partial charge in [-0.15, -0.1) is 24.0 Å². The Labute approximate surface area is 204 Å². The molecule has 2 aliphatic rings. The monoisotopic (exact) mass is 571 g/mol. The van der Waals surface area contributed by atoms with Crippen molar-refractivity contribution < 1.29 is 22.6 Å². The van der Waals surface area contributed by atoms with Gasteiger partial charge in [0.05, 0.1) is 38.0 Å². The fourth-order valence-corrected chi connectivity index (χ4v) is 3.81. The minimum absolute atomic E-state index is 0. The van der Waals surface area contributed by atoms with Crippen molar-refractivity contribution in [1.82, 2.24) is 20.4 Å². The third-order valence-corrected chi connectivity index (χ3v) is 5.62. The molecule has 1 aromatic carbocycles. The third kappa shape index (κ3) is 8.32. The largest absolute Gasteiger partial charge is 0.416 e. The number of morpholine rings is 2. The van der Waals surface area contributed by atoms with Crippen LogP contribution in [-0.2, 0) is 15.7 Å². The highest BCUT2D eigenvalue weighted by Gasteiger charge is 2.31. The molecule has 0 aliphatic carbocycles. The molecular formula is C21H33F3IN5O2. The number of benzene rings is 1. The van der Waals surface area contributed by atoms with Crippen LogP contribution in [0.5, 0.6) is 0 Å². The molecule has 0 spiro atoms. The molecule has 0 saturated carbocycles. The minimum atomic E-state index is -4.34. The zero-order chi connectivity index (χ0) is 22.1. The second kappa shape index (κ2) is 13.5. The molecule has 7 nitrogen and oxygen atoms in total. The number of hydrogen-bond acceptors (Lipinski definition) is 5. The van der Waals surface area contributed by atoms with Crippen LogP contribution in [0.2, 0.25) is 0 Å². The van der Waals surface area contributed by atoms with Crippen molar-refractivity contribution in [2.75, 3.05) is 79.3 Å². The van der Waals surface area contributed by atoms with Gasteiger partial charge in [-0.2, -0.15) is 13.2 Å². The van der Waals surface area contributed by atoms with Crippen molar-refractivity contribution in [1.29, 1.82) is 0 Å². The van der Waals surface area contributed by atoms with E-state index in [-0.39, 0.29) is 30.0 Å². The van der Waals surface area contributed by atoms with Crippen molar-refractivity contribution in [2.24, 2.45) is 4.99 Å². The number of alkyl halides is 3. The van der Waals surface area contributed by atoms with Crippen LogP contribution in [0, 0.1) is 0 Å². The molecule has 1 unspecified atom stereocenters. The summed E-state index contributed by atoms with van der Waals surface area (Å²) >= 11 is 0. The molecule has 11 heteroatoms. The summed E-state index contributed by atoms with van der Waals surface area (Å²) in [5, 5.41) is 6.66. The third-order valence-electron chi connectivity index (χ3n) is 5.62. The highest BCUT2D eigenvalue weighted by Crippen LogP contribution is 2.31. The van der Waals surface area contributed by atoms with E-state index in [1.165, 1.54) is 0 Å². The normalized spacial score (nSPS) is 19.8. The van der Waals surface area contributed by atoms with Gasteiger partial charge in [-0.05, 0) is 17.7 Å². The maximum absolute atomic E-state index is 13.0. The number of aliphatic imine (C=N–C) groups is 1. The molecule has 0 radical (unpaired) electrons. The molecule has 0 bridgehead atoms. The first-order valence-corrected chi connectivity index (χ1v) is 10.7. The van der Waals surface area contributed by atoms with Crippen molar-refractivity contribution in [2.45, 2.75) is 12.2 Å². The summed E-state index contributed by atoms with van der Waals surface area (Å²) < 4.78 is 49.7. The number of halogens is 4. The van der Waals surface area contributed by atoms with E-state index in [0.29, 0.717) is 25.7 Å². The molecule has 1 aromatic rings. The molecule has 3 rings (SSSR count). The van der Waals surface area contributed by atoms with Crippen molar-refractivity contribution in [3.8, 4) is 0 Å². The summed E-state index contributed by atoms with van der Waals surface area (Å²) in [5.74, 6) is 0.679. The lowest BCUT2D eigenvalue weighted by Gasteiger charge is -2.35. The summed E-state index contributed by atoms with van der Waals surface area (Å²) in [7, 11) is 1.71. The topological polar surface area (TPSA) is 61.4 Å². The second-order valence-electron chi connectivity index (χ2n) is 7.62. The average Bonchev–Trinajstić information content (AvgIpc) is 2.79. The maximum Gasteiger partial charge on any atom is 0.416 e. The van der Waals surface area contributed by atoms with Crippen LogP contribution in [0.1, 0.15) is 17.2 Å². The van der Waals surface area contributed by atoms with Gasteiger partial charge in [-0.25, -0.2) is 0 Å². The first kappa shape index (κ1) is 27.1. The number of guanidine groups is 1. The SMILES string of the molecule is CN=C(NCCN1CCOCC1)NCC(c1ccc(C(F)(F)F)cc1)N1CCOCC1.I. The van der Waals surface area contributed by atoms with Gasteiger partial charge in [0, 0.05) is 52.9 Å². The molecule has 2 saturated heterocycles. The fraction of sp³-hybridized carbons (Fsp3) is 0.667. The van der Waals surface area contributed by atoms with Gasteiger partial charge in [-0.1, -0.05) is 12.1 Å². The summed E-state index contributed by atoms with van der Waals surface area (Å²) in [5.41, 5.74) is 0.205. The van der Waals surface area contributed by atoms with Gasteiger partial charge in [0.2, 0.25) is 0 Å². The van der Waals surface area contributed by atoms with E-state index < -0.39 is 11.7 Å². The first-order chi connectivity index (χ1) is 15.0. The van der Waals surface area contributed by atoms with Crippen LogP contribution in [-0.4, -0.2) is 95.0 Å². The van der Waals surface area contributed by atoms with Gasteiger partial charge >= 0.3 is 6.18 Å². The Bertz CT molecular complexity index is 694. The summed E-state index contributed by atoms with van der Waals surface area (Å²) in [6.07, 6.45) is -4.34. The Morgan fingerprint density at radius 1 is 1.00 bits per heavy atom. The zero-order valence-corrected chi connectivity index (χ0v) is 20.7. The molecule has 2 aliphatic heterocycles. The zero-order valence-electron chi connectivity index (χ0n) is 18.4. The van der Waals surface area contributed by atoms with E-state index in [1.807, 2.05) is 0 Å². The quantitative estimate of drug-likeness (QED) is 0.298. The number of nitrogens with zero attached hydrogens (tertiary/aromatic N) is 3. The van der Waals surface area contributed by atoms with Crippen molar-refractivity contribution >= 4 is 29.9 Å². The molecule has 2 fully saturated rings. The fourth-order valence-electron chi connectivity index (χ4n) is 3.81. The van der Waals surface area contributed by atoms with Gasteiger partial charge in [0.25, 0.3) is 0 Å². The van der Waals surface area contributed by atoms with Gasteiger partial charge in [0.1, 0.15) is 0 Å². The Morgan fingerprint density at radius 3 is 2.16 bits per heavy atom. The van der Waals surface area contributed by atoms with E-state index >= 15 is 0 Å². The average molecular weight is 571 g/mol. The summed E-state index contributed by atoms with van der Waals surface area (Å²) in [6.45, 7) is 8.27. The van der Waals surface area contributed by atoms with Crippen molar-refractivity contribution in [3.05, 3.63) is 35.4 Å². The Balaban J connectivity index is 0.00000363. The lowest BCUT2D eigenvalue weighted by Crippen LogP contribution is -2.48. The smallest absolute Gasteiger partial charge is 0.379 e. The van der Waals surface area contributed by atoms with Crippen LogP contribution in [0.4, 0.5) is 13.2 Å². The lowest BCUT2D eigenvalue weighted by atomic mass is 10.0. The van der Waals surface area contributed by atoms with Crippen LogP contribution in [0.15, 0.2) is 29.3 Å². The Kier molecular flexibility index (Phi) is 11.5. The predicted octanol–water partition coefficient (Wildman–Crippen LogP) is 2.19. The van der Waals surface area contributed by atoms with Crippen LogP contribution >= 0.6 is 24.0 Å². The maximum atomic E-state index is 13.0. The van der Waals surface area contributed by atoms with Crippen LogP contribution < -0.4 is 10.6 Å². The minimum Gasteiger partial charge on any atom is -0.379 e. The highest BCUT2D eigenvalue weighted by molar-refractivity contribution is 14.0. The standard InChI is InChI=1S/C21H32F3N5O2.HI/c1-25-20(26-6-7-28-8-12-30-13-9-28)27-16-19(29-10-14-31-15-11-29)17-2-4-18(5-3-17)21(22,23)24;/h2-5,19H,6-16H2,1H3,(H2,25,26,27);1H. The predicted molar refractivity (Wildman–Crippen MR) is 129 cm³/mol. The Morgan fingerprint density at radius 2 is 1.59 bits per heavy atom.